The summed E-state index contributed by atoms with van der Waals surface area (Å²) in [6, 6.07) is 10.6. The number of carbonyl (C=O) groups excluding carboxylic acids is 3. The van der Waals surface area contributed by atoms with Crippen LogP contribution in [0.5, 0.6) is 5.75 Å². The van der Waals surface area contributed by atoms with Crippen LogP contribution >= 0.6 is 0 Å². The molecule has 4 aromatic rings. The maximum Gasteiger partial charge on any atom is 0.273 e. The molecular formula is C32H37N9O4. The molecule has 13 heteroatoms. The number of carbonyl (C=O) groups is 3. The fourth-order valence-electron chi connectivity index (χ4n) is 5.00. The molecule has 0 radical (unpaired) electrons. The number of pyridine rings is 1. The predicted molar refractivity (Wildman–Crippen MR) is 169 cm³/mol. The Balaban J connectivity index is 1.38. The highest BCUT2D eigenvalue weighted by Gasteiger charge is 2.30. The van der Waals surface area contributed by atoms with Gasteiger partial charge in [0.25, 0.3) is 11.8 Å². The molecule has 234 valence electrons. The summed E-state index contributed by atoms with van der Waals surface area (Å²) < 4.78 is 7.57. The summed E-state index contributed by atoms with van der Waals surface area (Å²) in [5, 5.41) is 21.2. The molecule has 3 heterocycles. The first kappa shape index (κ1) is 31.1. The van der Waals surface area contributed by atoms with E-state index in [-0.39, 0.29) is 35.2 Å². The van der Waals surface area contributed by atoms with Crippen molar-refractivity contribution in [3.05, 3.63) is 71.4 Å². The molecule has 45 heavy (non-hydrogen) atoms. The van der Waals surface area contributed by atoms with Crippen LogP contribution < -0.4 is 20.7 Å². The Morgan fingerprint density at radius 1 is 1.11 bits per heavy atom. The standard InChI is InChI=1S/C32H37N9O4/c1-18(2)27-21(17-41(5)39-27)16-40(4)32(44)24-13-12-20(15-34-24)22-8-7-9-23(29(22)45-6)35-25-14-26(36-30(42)19-10-11-19)37-38-28(25)31(43)33-3/h7-9,12-15,17-19H,10-11,16H2,1-6H3,(H,33,43)(H2,35,36,37,42). The van der Waals surface area contributed by atoms with E-state index in [0.717, 1.165) is 29.7 Å². The van der Waals surface area contributed by atoms with E-state index in [1.54, 1.807) is 48.1 Å². The van der Waals surface area contributed by atoms with Crippen LogP contribution in [0.4, 0.5) is 17.2 Å². The van der Waals surface area contributed by atoms with Crippen LogP contribution in [0.15, 0.2) is 48.8 Å². The van der Waals surface area contributed by atoms with Crippen molar-refractivity contribution in [1.82, 2.24) is 35.2 Å². The van der Waals surface area contributed by atoms with E-state index >= 15 is 0 Å². The third-order valence-electron chi connectivity index (χ3n) is 7.46. The van der Waals surface area contributed by atoms with Gasteiger partial charge in [-0.3, -0.25) is 24.0 Å². The molecule has 3 N–H and O–H groups in total. The molecule has 0 unspecified atom stereocenters. The second-order valence-corrected chi connectivity index (χ2v) is 11.3. The summed E-state index contributed by atoms with van der Waals surface area (Å²) in [4.78, 5) is 44.3. The SMILES string of the molecule is CNC(=O)c1nnc(NC(=O)C2CC2)cc1Nc1cccc(-c2ccc(C(=O)N(C)Cc3cn(C)nc3C(C)C)nc2)c1OC. The molecule has 0 saturated heterocycles. The van der Waals surface area contributed by atoms with E-state index in [4.69, 9.17) is 4.74 Å². The average molecular weight is 612 g/mol. The van der Waals surface area contributed by atoms with Gasteiger partial charge in [0.15, 0.2) is 11.5 Å². The van der Waals surface area contributed by atoms with E-state index < -0.39 is 5.91 Å². The monoisotopic (exact) mass is 611 g/mol. The van der Waals surface area contributed by atoms with Crippen molar-refractivity contribution in [3.8, 4) is 16.9 Å². The van der Waals surface area contributed by atoms with E-state index in [1.165, 1.54) is 7.05 Å². The molecular weight excluding hydrogens is 574 g/mol. The number of aromatic nitrogens is 5. The largest absolute Gasteiger partial charge is 0.494 e. The van der Waals surface area contributed by atoms with Gasteiger partial charge in [0.2, 0.25) is 5.91 Å². The Morgan fingerprint density at radius 3 is 2.53 bits per heavy atom. The first-order valence-corrected chi connectivity index (χ1v) is 14.7. The van der Waals surface area contributed by atoms with Gasteiger partial charge in [0.05, 0.1) is 24.2 Å². The zero-order valence-electron chi connectivity index (χ0n) is 26.2. The number of hydrogen-bond donors (Lipinski definition) is 3. The van der Waals surface area contributed by atoms with Gasteiger partial charge >= 0.3 is 0 Å². The maximum absolute atomic E-state index is 13.2. The molecule has 1 fully saturated rings. The number of anilines is 3. The fourth-order valence-corrected chi connectivity index (χ4v) is 5.00. The molecule has 0 aliphatic heterocycles. The minimum Gasteiger partial charge on any atom is -0.494 e. The van der Waals surface area contributed by atoms with Gasteiger partial charge in [-0.15, -0.1) is 10.2 Å². The summed E-state index contributed by atoms with van der Waals surface area (Å²) in [7, 11) is 6.66. The Hall–Kier alpha value is -5.33. The summed E-state index contributed by atoms with van der Waals surface area (Å²) >= 11 is 0. The molecule has 5 rings (SSSR count). The molecule has 1 saturated carbocycles. The van der Waals surface area contributed by atoms with Gasteiger partial charge in [-0.05, 0) is 30.9 Å². The number of nitrogens with one attached hydrogen (secondary N) is 3. The van der Waals surface area contributed by atoms with Gasteiger partial charge in [-0.2, -0.15) is 5.10 Å². The number of amides is 3. The number of methoxy groups -OCH3 is 1. The highest BCUT2D eigenvalue weighted by atomic mass is 16.5. The Kier molecular flexibility index (Phi) is 9.07. The molecule has 1 aliphatic rings. The van der Waals surface area contributed by atoms with Gasteiger partial charge in [-0.1, -0.05) is 32.0 Å². The second kappa shape index (κ2) is 13.1. The smallest absolute Gasteiger partial charge is 0.273 e. The number of rotatable bonds is 11. The zero-order chi connectivity index (χ0) is 32.2. The summed E-state index contributed by atoms with van der Waals surface area (Å²) in [5.74, 6) is 0.154. The third-order valence-corrected chi connectivity index (χ3v) is 7.46. The minimum atomic E-state index is -0.446. The van der Waals surface area contributed by atoms with Crippen LogP contribution in [0, 0.1) is 5.92 Å². The van der Waals surface area contributed by atoms with Crippen molar-refractivity contribution >= 4 is 34.9 Å². The van der Waals surface area contributed by atoms with Crippen molar-refractivity contribution in [1.29, 1.82) is 0 Å². The number of benzene rings is 1. The van der Waals surface area contributed by atoms with E-state index in [9.17, 15) is 14.4 Å². The zero-order valence-corrected chi connectivity index (χ0v) is 26.2. The van der Waals surface area contributed by atoms with Crippen LogP contribution in [0.3, 0.4) is 0 Å². The summed E-state index contributed by atoms with van der Waals surface area (Å²) in [6.07, 6.45) is 5.25. The van der Waals surface area contributed by atoms with Crippen LogP contribution in [-0.4, -0.2) is 68.8 Å². The Bertz CT molecular complexity index is 1730. The highest BCUT2D eigenvalue weighted by Crippen LogP contribution is 2.38. The average Bonchev–Trinajstić information content (AvgIpc) is 3.82. The van der Waals surface area contributed by atoms with Crippen molar-refractivity contribution in [2.45, 2.75) is 39.2 Å². The first-order chi connectivity index (χ1) is 21.6. The van der Waals surface area contributed by atoms with Gasteiger partial charge < -0.3 is 25.6 Å². The fraction of sp³-hybridized carbons (Fsp3) is 0.344. The number of para-hydroxylation sites is 1. The molecule has 0 spiro atoms. The molecule has 1 aliphatic carbocycles. The lowest BCUT2D eigenvalue weighted by Crippen LogP contribution is -2.27. The molecule has 0 atom stereocenters. The predicted octanol–water partition coefficient (Wildman–Crippen LogP) is 4.13. The molecule has 3 amide bonds. The second-order valence-electron chi connectivity index (χ2n) is 11.3. The quantitative estimate of drug-likeness (QED) is 0.227. The third kappa shape index (κ3) is 6.92. The topological polar surface area (TPSA) is 156 Å². The van der Waals surface area contributed by atoms with E-state index in [0.29, 0.717) is 34.9 Å². The van der Waals surface area contributed by atoms with Crippen LogP contribution in [0.25, 0.3) is 11.1 Å². The van der Waals surface area contributed by atoms with Crippen molar-refractivity contribution in [3.63, 3.8) is 0 Å². The number of ether oxygens (including phenoxy) is 1. The summed E-state index contributed by atoms with van der Waals surface area (Å²) in [5.41, 5.74) is 4.64. The van der Waals surface area contributed by atoms with Gasteiger partial charge in [-0.25, -0.2) is 0 Å². The van der Waals surface area contributed by atoms with E-state index in [1.807, 2.05) is 31.4 Å². The van der Waals surface area contributed by atoms with Gasteiger partial charge in [0, 0.05) is 68.8 Å². The number of hydrogen-bond acceptors (Lipinski definition) is 9. The van der Waals surface area contributed by atoms with Crippen molar-refractivity contribution in [2.75, 3.05) is 31.8 Å². The minimum absolute atomic E-state index is 0.0202. The van der Waals surface area contributed by atoms with Crippen LogP contribution in [0.2, 0.25) is 0 Å². The lowest BCUT2D eigenvalue weighted by molar-refractivity contribution is -0.117. The van der Waals surface area contributed by atoms with Crippen LogP contribution in [0.1, 0.15) is 64.8 Å². The molecule has 0 bridgehead atoms. The Labute approximate surface area is 261 Å². The van der Waals surface area contributed by atoms with Crippen molar-refractivity contribution < 1.29 is 19.1 Å². The van der Waals surface area contributed by atoms with Gasteiger partial charge in [0.1, 0.15) is 11.4 Å². The maximum atomic E-state index is 13.2. The molecule has 13 nitrogen and oxygen atoms in total. The van der Waals surface area contributed by atoms with Crippen LogP contribution in [-0.2, 0) is 18.4 Å². The normalized spacial score (nSPS) is 12.5. The molecule has 1 aromatic carbocycles. The summed E-state index contributed by atoms with van der Waals surface area (Å²) in [6.45, 7) is 4.57. The number of aryl methyl sites for hydroxylation is 1. The first-order valence-electron chi connectivity index (χ1n) is 14.7. The Morgan fingerprint density at radius 2 is 1.89 bits per heavy atom. The molecule has 3 aromatic heterocycles. The highest BCUT2D eigenvalue weighted by molar-refractivity contribution is 6.00. The lowest BCUT2D eigenvalue weighted by atomic mass is 10.0. The van der Waals surface area contributed by atoms with E-state index in [2.05, 4.69) is 50.1 Å². The van der Waals surface area contributed by atoms with Crippen molar-refractivity contribution in [2.24, 2.45) is 13.0 Å². The lowest BCUT2D eigenvalue weighted by Gasteiger charge is -2.18. The number of nitrogens with zero attached hydrogens (tertiary/aromatic N) is 6.